The number of ether oxygens (including phenoxy) is 4. The van der Waals surface area contributed by atoms with Gasteiger partial charge in [-0.1, -0.05) is 59.9 Å². The Balaban J connectivity index is 0.000000376. The highest BCUT2D eigenvalue weighted by Gasteiger charge is 2.35. The van der Waals surface area contributed by atoms with Gasteiger partial charge in [-0.2, -0.15) is 9.97 Å². The molecular formula is C32H51FN5O8-. The predicted octanol–water partition coefficient (Wildman–Crippen LogP) is -0.0574. The topological polar surface area (TPSA) is 150 Å². The number of nitrogens with zero attached hydrogens (tertiary/aromatic N) is 5. The normalized spacial score (nSPS) is 23.3. The van der Waals surface area contributed by atoms with Gasteiger partial charge in [-0.25, -0.2) is 9.59 Å². The van der Waals surface area contributed by atoms with E-state index in [9.17, 15) is 14.7 Å². The molecule has 0 aliphatic carbocycles. The highest BCUT2D eigenvalue weighted by atomic mass is 19.0. The number of aliphatic hydroxyl groups is 2. The van der Waals surface area contributed by atoms with Crippen LogP contribution in [0.4, 0.5) is 0 Å². The minimum Gasteiger partial charge on any atom is -1.00 e. The summed E-state index contributed by atoms with van der Waals surface area (Å²) in [6.07, 6.45) is 6.28. The smallest absolute Gasteiger partial charge is 0.352 e. The van der Waals surface area contributed by atoms with Crippen molar-refractivity contribution >= 4 is 0 Å². The van der Waals surface area contributed by atoms with E-state index in [-0.39, 0.29) is 48.2 Å². The molecule has 4 rings (SSSR count). The molecule has 2 fully saturated rings. The second-order valence-corrected chi connectivity index (χ2v) is 10.6. The molecular weight excluding hydrogens is 601 g/mol. The Morgan fingerprint density at radius 1 is 0.891 bits per heavy atom. The number of aromatic nitrogens is 4. The molecule has 0 bridgehead atoms. The van der Waals surface area contributed by atoms with Crippen molar-refractivity contribution in [2.24, 2.45) is 5.92 Å². The first kappa shape index (κ1) is 40.6. The van der Waals surface area contributed by atoms with Gasteiger partial charge in [0.1, 0.15) is 31.8 Å². The highest BCUT2D eigenvalue weighted by molar-refractivity contribution is 5.07. The Labute approximate surface area is 270 Å². The maximum Gasteiger partial charge on any atom is 0.352 e. The van der Waals surface area contributed by atoms with E-state index in [0.717, 1.165) is 12.8 Å². The number of hydrogen-bond acceptors (Lipinski definition) is 11. The summed E-state index contributed by atoms with van der Waals surface area (Å²) >= 11 is 0. The van der Waals surface area contributed by atoms with Crippen molar-refractivity contribution in [2.75, 3.05) is 39.5 Å². The van der Waals surface area contributed by atoms with Crippen LogP contribution in [0.1, 0.15) is 66.3 Å². The average Bonchev–Trinajstić information content (AvgIpc) is 3.61. The minimum absolute atomic E-state index is 0. The molecule has 0 saturated carbocycles. The van der Waals surface area contributed by atoms with Crippen LogP contribution in [0.2, 0.25) is 0 Å². The fourth-order valence-electron chi connectivity index (χ4n) is 4.94. The van der Waals surface area contributed by atoms with Crippen LogP contribution in [-0.4, -0.2) is 92.0 Å². The molecule has 6 atom stereocenters. The van der Waals surface area contributed by atoms with Crippen LogP contribution in [0.3, 0.4) is 0 Å². The summed E-state index contributed by atoms with van der Waals surface area (Å²) in [5, 5.41) is 18.6. The third kappa shape index (κ3) is 12.1. The van der Waals surface area contributed by atoms with Gasteiger partial charge >= 0.3 is 11.4 Å². The van der Waals surface area contributed by atoms with Crippen molar-refractivity contribution in [3.05, 3.63) is 70.8 Å². The molecule has 4 heterocycles. The van der Waals surface area contributed by atoms with Gasteiger partial charge in [-0.3, -0.25) is 9.13 Å². The van der Waals surface area contributed by atoms with Crippen molar-refractivity contribution in [3.8, 4) is 11.8 Å². The van der Waals surface area contributed by atoms with Gasteiger partial charge in [0.25, 0.3) is 0 Å². The minimum atomic E-state index is -0.793. The van der Waals surface area contributed by atoms with Gasteiger partial charge in [0, 0.05) is 30.9 Å². The molecule has 260 valence electrons. The molecule has 0 spiro atoms. The molecule has 2 N–H and O–H groups in total. The van der Waals surface area contributed by atoms with Crippen LogP contribution in [-0.2, 0) is 9.47 Å². The van der Waals surface area contributed by atoms with Gasteiger partial charge in [0.15, 0.2) is 0 Å². The van der Waals surface area contributed by atoms with E-state index in [4.69, 9.17) is 24.1 Å². The summed E-state index contributed by atoms with van der Waals surface area (Å²) < 4.78 is 24.4. The van der Waals surface area contributed by atoms with Crippen LogP contribution in [0, 0.1) is 5.92 Å². The fraction of sp³-hybridized carbons (Fsp3) is 0.625. The Morgan fingerprint density at radius 2 is 1.35 bits per heavy atom. The Kier molecular flexibility index (Phi) is 18.9. The van der Waals surface area contributed by atoms with E-state index in [1.807, 2.05) is 0 Å². The van der Waals surface area contributed by atoms with Crippen LogP contribution < -0.4 is 25.6 Å². The fourth-order valence-corrected chi connectivity index (χ4v) is 4.94. The lowest BCUT2D eigenvalue weighted by molar-refractivity contribution is -0.0459. The summed E-state index contributed by atoms with van der Waals surface area (Å²) in [5.41, 5.74) is -0.868. The van der Waals surface area contributed by atoms with Gasteiger partial charge < -0.3 is 38.8 Å². The molecule has 13 nitrogen and oxygen atoms in total. The van der Waals surface area contributed by atoms with Gasteiger partial charge in [-0.15, -0.1) is 0 Å². The zero-order valence-corrected chi connectivity index (χ0v) is 27.7. The number of halogens is 1. The Bertz CT molecular complexity index is 1190. The van der Waals surface area contributed by atoms with Crippen LogP contribution >= 0.6 is 0 Å². The summed E-state index contributed by atoms with van der Waals surface area (Å²) in [4.78, 5) is 33.8. The Morgan fingerprint density at radius 3 is 1.67 bits per heavy atom. The summed E-state index contributed by atoms with van der Waals surface area (Å²) in [6, 6.07) is 3.21. The molecule has 0 aromatic carbocycles. The molecule has 0 radical (unpaired) electrons. The Hall–Kier alpha value is -3.43. The molecule has 14 heteroatoms. The van der Waals surface area contributed by atoms with Crippen molar-refractivity contribution in [1.82, 2.24) is 24.0 Å². The van der Waals surface area contributed by atoms with Crippen LogP contribution in [0.15, 0.2) is 59.4 Å². The number of hydrogen-bond donors (Lipinski definition) is 2. The van der Waals surface area contributed by atoms with Crippen LogP contribution in [0.25, 0.3) is 0 Å². The van der Waals surface area contributed by atoms with Crippen LogP contribution in [0.5, 0.6) is 11.8 Å². The molecule has 2 aromatic heterocycles. The van der Waals surface area contributed by atoms with Crippen molar-refractivity contribution in [1.29, 1.82) is 0 Å². The van der Waals surface area contributed by atoms with E-state index >= 15 is 0 Å². The van der Waals surface area contributed by atoms with Gasteiger partial charge in [0.2, 0.25) is 11.8 Å². The molecule has 2 aliphatic heterocycles. The molecule has 2 aromatic rings. The molecule has 46 heavy (non-hydrogen) atoms. The first-order valence-electron chi connectivity index (χ1n) is 15.6. The molecule has 0 amide bonds. The first-order valence-corrected chi connectivity index (χ1v) is 15.6. The number of aliphatic hydroxyl groups excluding tert-OH is 2. The first-order chi connectivity index (χ1) is 21.6. The second kappa shape index (κ2) is 21.4. The molecule has 2 saturated heterocycles. The van der Waals surface area contributed by atoms with E-state index in [2.05, 4.69) is 62.6 Å². The zero-order valence-electron chi connectivity index (χ0n) is 27.7. The standard InChI is InChI=1S/C14H20N2O3.C12H16N2O5.C6H15N.FH/c1-4-8-18-12-6-7-16(14(17)15-12)13-9-10(3)11(5-2)19-13;1-2-5-18-10-3-4-14(12(17)13-10)11-6-8(16)9(7-15)19-11;1-4-7(5-2)6-3;/h4,6-7,10-11,13H,1,5,8-9H2,2-3H3;2-4,8-9,11,15-16H,1,5-7H2;4-6H2,1-3H3;1H/p-1. The maximum atomic E-state index is 12.0. The summed E-state index contributed by atoms with van der Waals surface area (Å²) in [5.74, 6) is 0.983. The lowest BCUT2D eigenvalue weighted by Crippen LogP contribution is -3.00. The van der Waals surface area contributed by atoms with E-state index < -0.39 is 24.1 Å². The quantitative estimate of drug-likeness (QED) is 0.280. The SMILES string of the molecule is C=CCOc1ccn(C2CC(C)C(CC)O2)c(=O)n1.C=CCOc1ccn(C2CC(O)C(CO)O2)c(=O)n1.CCN(CC)CC.[F-]. The zero-order chi connectivity index (χ0) is 33.4. The average molecular weight is 653 g/mol. The molecule has 6 unspecified atom stereocenters. The summed E-state index contributed by atoms with van der Waals surface area (Å²) in [7, 11) is 0. The van der Waals surface area contributed by atoms with E-state index in [0.29, 0.717) is 18.4 Å². The van der Waals surface area contributed by atoms with Gasteiger partial charge in [0.05, 0.1) is 18.8 Å². The third-order valence-electron chi connectivity index (χ3n) is 7.60. The summed E-state index contributed by atoms with van der Waals surface area (Å²) in [6.45, 7) is 21.7. The van der Waals surface area contributed by atoms with E-state index in [1.54, 1.807) is 24.4 Å². The number of rotatable bonds is 13. The lowest BCUT2D eigenvalue weighted by Gasteiger charge is -2.15. The van der Waals surface area contributed by atoms with Crippen molar-refractivity contribution in [2.45, 2.75) is 84.6 Å². The highest BCUT2D eigenvalue weighted by Crippen LogP contribution is 2.33. The lowest BCUT2D eigenvalue weighted by atomic mass is 10.0. The predicted molar refractivity (Wildman–Crippen MR) is 171 cm³/mol. The largest absolute Gasteiger partial charge is 1.00 e. The van der Waals surface area contributed by atoms with Crippen molar-refractivity contribution < 1.29 is 33.9 Å². The molecule has 2 aliphatic rings. The van der Waals surface area contributed by atoms with Crippen molar-refractivity contribution in [3.63, 3.8) is 0 Å². The maximum absolute atomic E-state index is 12.0. The van der Waals surface area contributed by atoms with E-state index in [1.165, 1.54) is 41.0 Å². The van der Waals surface area contributed by atoms with Gasteiger partial charge in [-0.05, 0) is 38.4 Å². The second-order valence-electron chi connectivity index (χ2n) is 10.6. The third-order valence-corrected chi connectivity index (χ3v) is 7.60. The monoisotopic (exact) mass is 652 g/mol.